The molecule has 178 valence electrons. The average Bonchev–Trinajstić information content (AvgIpc) is 3.30. The topological polar surface area (TPSA) is 125 Å². The highest BCUT2D eigenvalue weighted by Crippen LogP contribution is 2.31. The Bertz CT molecular complexity index is 1390. The summed E-state index contributed by atoms with van der Waals surface area (Å²) in [7, 11) is -3.41. The Hall–Kier alpha value is -2.44. The molecule has 13 heteroatoms. The first-order valence-corrected chi connectivity index (χ1v) is 14.3. The number of carbonyl (C=O) groups is 1. The summed E-state index contributed by atoms with van der Waals surface area (Å²) in [6.07, 6.45) is 2.89. The zero-order chi connectivity index (χ0) is 24.9. The fraction of sp³-hybridized carbons (Fsp3) is 0.143. The third-order valence-corrected chi connectivity index (χ3v) is 7.34. The third kappa shape index (κ3) is 6.36. The van der Waals surface area contributed by atoms with Crippen LogP contribution in [-0.4, -0.2) is 48.7 Å². The van der Waals surface area contributed by atoms with Gasteiger partial charge >= 0.3 is 5.97 Å². The van der Waals surface area contributed by atoms with Crippen LogP contribution in [0.3, 0.4) is 0 Å². The summed E-state index contributed by atoms with van der Waals surface area (Å²) >= 11 is 15.1. The summed E-state index contributed by atoms with van der Waals surface area (Å²) in [6, 6.07) is 13.1. The number of halogens is 2. The van der Waals surface area contributed by atoms with Gasteiger partial charge in [0, 0.05) is 11.8 Å². The lowest BCUT2D eigenvalue weighted by Crippen LogP contribution is -2.19. The molecule has 2 N–H and O–H groups in total. The van der Waals surface area contributed by atoms with Crippen molar-refractivity contribution in [2.24, 2.45) is 10.7 Å². The van der Waals surface area contributed by atoms with Crippen LogP contribution in [0.2, 0.25) is 5.02 Å². The van der Waals surface area contributed by atoms with E-state index in [0.717, 1.165) is 17.6 Å². The second-order valence-electron chi connectivity index (χ2n) is 6.69. The van der Waals surface area contributed by atoms with E-state index in [9.17, 15) is 13.2 Å². The van der Waals surface area contributed by atoms with Gasteiger partial charge in [0.05, 0.1) is 20.6 Å². The minimum Gasteiger partial charge on any atom is -0.450 e. The van der Waals surface area contributed by atoms with Crippen molar-refractivity contribution in [3.8, 4) is 10.6 Å². The number of benzene rings is 2. The second-order valence-corrected chi connectivity index (χ2v) is 11.3. The minimum absolute atomic E-state index is 0.0661. The smallest absolute Gasteiger partial charge is 0.356 e. The van der Waals surface area contributed by atoms with Crippen molar-refractivity contribution in [2.45, 2.75) is 4.90 Å². The summed E-state index contributed by atoms with van der Waals surface area (Å²) in [5, 5.41) is 9.12. The predicted octanol–water partition coefficient (Wildman–Crippen LogP) is 4.66. The lowest BCUT2D eigenvalue weighted by molar-refractivity contribution is -0.136. The van der Waals surface area contributed by atoms with Gasteiger partial charge in [0.25, 0.3) is 0 Å². The molecule has 0 aliphatic heterocycles. The largest absolute Gasteiger partial charge is 0.450 e. The van der Waals surface area contributed by atoms with Crippen LogP contribution in [0.5, 0.6) is 0 Å². The van der Waals surface area contributed by atoms with Crippen LogP contribution in [0.25, 0.3) is 10.6 Å². The monoisotopic (exact) mass is 556 g/mol. The number of esters is 1. The van der Waals surface area contributed by atoms with Gasteiger partial charge in [-0.05, 0) is 30.5 Å². The Morgan fingerprint density at radius 3 is 2.62 bits per heavy atom. The van der Waals surface area contributed by atoms with Crippen LogP contribution in [0.4, 0.5) is 5.69 Å². The van der Waals surface area contributed by atoms with E-state index in [2.05, 4.69) is 15.2 Å². The zero-order valence-electron chi connectivity index (χ0n) is 17.9. The van der Waals surface area contributed by atoms with Crippen LogP contribution < -0.4 is 5.73 Å². The zero-order valence-corrected chi connectivity index (χ0v) is 21.8. The number of hydrogen-bond acceptors (Lipinski definition) is 10. The van der Waals surface area contributed by atoms with Crippen molar-refractivity contribution in [1.82, 2.24) is 10.2 Å². The van der Waals surface area contributed by atoms with Crippen LogP contribution >= 0.6 is 46.3 Å². The molecule has 3 rings (SSSR count). The second kappa shape index (κ2) is 11.3. The molecular weight excluding hydrogens is 539 g/mol. The Morgan fingerprint density at radius 1 is 1.21 bits per heavy atom. The third-order valence-electron chi connectivity index (χ3n) is 4.19. The molecular formula is C21H18Cl2N4O4S3. The highest BCUT2D eigenvalue weighted by Gasteiger charge is 2.22. The Labute approximate surface area is 214 Å². The molecule has 0 fully saturated rings. The van der Waals surface area contributed by atoms with Crippen LogP contribution in [0.15, 0.2) is 69.1 Å². The number of sulfone groups is 1. The fourth-order valence-electron chi connectivity index (χ4n) is 2.56. The molecule has 0 aliphatic carbocycles. The molecule has 34 heavy (non-hydrogen) atoms. The Morgan fingerprint density at radius 2 is 1.94 bits per heavy atom. The van der Waals surface area contributed by atoms with Crippen LogP contribution in [0.1, 0.15) is 5.01 Å². The molecule has 0 unspecified atom stereocenters. The lowest BCUT2D eigenvalue weighted by atomic mass is 10.2. The Balaban J connectivity index is 2.11. The number of nitrogens with zero attached hydrogens (tertiary/aromatic N) is 3. The number of nitrogens with two attached hydrogens (primary N) is 1. The summed E-state index contributed by atoms with van der Waals surface area (Å²) in [5.74, 6) is -0.711. The summed E-state index contributed by atoms with van der Waals surface area (Å²) < 4.78 is 28.9. The van der Waals surface area contributed by atoms with Crippen molar-refractivity contribution in [1.29, 1.82) is 0 Å². The maximum Gasteiger partial charge on any atom is 0.356 e. The van der Waals surface area contributed by atoms with E-state index in [-0.39, 0.29) is 32.3 Å². The average molecular weight is 558 g/mol. The van der Waals surface area contributed by atoms with E-state index in [1.807, 2.05) is 0 Å². The first kappa shape index (κ1) is 26.2. The molecule has 1 aromatic heterocycles. The van der Waals surface area contributed by atoms with E-state index in [4.69, 9.17) is 33.7 Å². The number of rotatable bonds is 8. The maximum absolute atomic E-state index is 12.3. The van der Waals surface area contributed by atoms with Gasteiger partial charge in [-0.3, -0.25) is 0 Å². The highest BCUT2D eigenvalue weighted by molar-refractivity contribution is 7.98. The number of aliphatic imine (C=N–C) groups is 1. The van der Waals surface area contributed by atoms with Gasteiger partial charge in [-0.15, -0.1) is 22.0 Å². The number of allylic oxidation sites excluding steroid dienone is 1. The van der Waals surface area contributed by atoms with Gasteiger partial charge in [0.15, 0.2) is 14.8 Å². The molecule has 0 radical (unpaired) electrons. The molecule has 0 aliphatic rings. The van der Waals surface area contributed by atoms with Gasteiger partial charge in [-0.2, -0.15) is 0 Å². The fourth-order valence-corrected chi connectivity index (χ4v) is 4.73. The van der Waals surface area contributed by atoms with Crippen LogP contribution in [0, 0.1) is 0 Å². The lowest BCUT2D eigenvalue weighted by Gasteiger charge is -2.08. The summed E-state index contributed by atoms with van der Waals surface area (Å²) in [6.45, 7) is 0. The quantitative estimate of drug-likeness (QED) is 0.184. The number of ether oxygens (including phenoxy) is 1. The first-order chi connectivity index (χ1) is 16.1. The van der Waals surface area contributed by atoms with E-state index < -0.39 is 15.8 Å². The molecule has 0 spiro atoms. The molecule has 0 atom stereocenters. The van der Waals surface area contributed by atoms with Crippen molar-refractivity contribution in [3.63, 3.8) is 0 Å². The number of hydrogen-bond donors (Lipinski definition) is 1. The molecule has 8 nitrogen and oxygen atoms in total. The van der Waals surface area contributed by atoms with Crippen LogP contribution in [-0.2, 0) is 19.4 Å². The molecule has 2 aromatic carbocycles. The van der Waals surface area contributed by atoms with Gasteiger partial charge < -0.3 is 10.5 Å². The predicted molar refractivity (Wildman–Crippen MR) is 138 cm³/mol. The molecule has 1 heterocycles. The summed E-state index contributed by atoms with van der Waals surface area (Å²) in [5.41, 5.74) is 6.59. The number of carbonyl (C=O) groups excluding carboxylic acids is 1. The number of aromatic nitrogens is 2. The Kier molecular flexibility index (Phi) is 8.72. The van der Waals surface area contributed by atoms with E-state index in [1.54, 1.807) is 42.7 Å². The van der Waals surface area contributed by atoms with Crippen molar-refractivity contribution in [2.75, 3.05) is 18.5 Å². The van der Waals surface area contributed by atoms with Crippen molar-refractivity contribution < 1.29 is 17.9 Å². The van der Waals surface area contributed by atoms with Gasteiger partial charge in [0.1, 0.15) is 22.4 Å². The van der Waals surface area contributed by atoms with E-state index >= 15 is 0 Å². The van der Waals surface area contributed by atoms with Crippen molar-refractivity contribution >= 4 is 73.5 Å². The molecule has 0 saturated carbocycles. The number of thioether (sulfide) groups is 1. The first-order valence-electron chi connectivity index (χ1n) is 9.41. The maximum atomic E-state index is 12.3. The molecule has 0 amide bonds. The molecule has 0 saturated heterocycles. The molecule has 0 bridgehead atoms. The SMILES string of the molecule is CSCOC(=O)C(N)=C(Cl)C(=Nc1ccccc1Cl)c1nnc(-c2cccc(S(C)(=O)=O)c2)s1. The highest BCUT2D eigenvalue weighted by atomic mass is 35.5. The molecule has 3 aromatic rings. The minimum atomic E-state index is -3.41. The van der Waals surface area contributed by atoms with Gasteiger partial charge in [-0.25, -0.2) is 18.2 Å². The van der Waals surface area contributed by atoms with E-state index in [0.29, 0.717) is 21.3 Å². The van der Waals surface area contributed by atoms with Gasteiger partial charge in [-0.1, -0.05) is 58.8 Å². The van der Waals surface area contributed by atoms with Gasteiger partial charge in [0.2, 0.25) is 0 Å². The normalized spacial score (nSPS) is 12.9. The standard InChI is InChI=1S/C21H18Cl2N4O4S3/c1-32-11-31-21(28)17(24)16(23)18(25-15-9-4-3-8-14(15)22)20-27-26-19(33-20)12-6-5-7-13(10-12)34(2,29)30/h3-10H,11,24H2,1-2H3. The van der Waals surface area contributed by atoms with E-state index in [1.165, 1.54) is 23.9 Å². The number of para-hydroxylation sites is 1. The van der Waals surface area contributed by atoms with Crippen molar-refractivity contribution in [3.05, 3.63) is 69.3 Å². The summed E-state index contributed by atoms with van der Waals surface area (Å²) in [4.78, 5) is 16.9.